The zero-order chi connectivity index (χ0) is 16.7. The maximum Gasteiger partial charge on any atom is 0.339 e. The number of aromatic nitrogens is 1. The van der Waals surface area contributed by atoms with Crippen LogP contribution in [0.3, 0.4) is 0 Å². The summed E-state index contributed by atoms with van der Waals surface area (Å²) in [5.74, 6) is 0.392. The van der Waals surface area contributed by atoms with Gasteiger partial charge in [-0.3, -0.25) is 4.79 Å². The lowest BCUT2D eigenvalue weighted by Crippen LogP contribution is -2.44. The van der Waals surface area contributed by atoms with Crippen molar-refractivity contribution in [2.24, 2.45) is 11.7 Å². The summed E-state index contributed by atoms with van der Waals surface area (Å²) in [5, 5.41) is 2.84. The second-order valence-corrected chi connectivity index (χ2v) is 5.49. The van der Waals surface area contributed by atoms with Crippen LogP contribution in [0.25, 0.3) is 0 Å². The summed E-state index contributed by atoms with van der Waals surface area (Å²) in [5.41, 5.74) is 5.85. The molecule has 2 heterocycles. The maximum atomic E-state index is 12.1. The predicted octanol–water partition coefficient (Wildman–Crippen LogP) is 0.550. The third-order valence-electron chi connectivity index (χ3n) is 3.82. The van der Waals surface area contributed by atoms with Crippen molar-refractivity contribution in [3.8, 4) is 0 Å². The molecule has 1 aromatic heterocycles. The van der Waals surface area contributed by atoms with E-state index < -0.39 is 0 Å². The van der Waals surface area contributed by atoms with E-state index in [1.54, 1.807) is 19.1 Å². The number of amides is 1. The highest BCUT2D eigenvalue weighted by molar-refractivity contribution is 5.89. The highest BCUT2D eigenvalue weighted by Crippen LogP contribution is 2.22. The summed E-state index contributed by atoms with van der Waals surface area (Å²) in [6.45, 7) is 4.53. The first-order chi connectivity index (χ1) is 11.2. The maximum absolute atomic E-state index is 12.1. The van der Waals surface area contributed by atoms with Crippen LogP contribution in [0.4, 0.5) is 5.82 Å². The molecule has 0 saturated carbocycles. The van der Waals surface area contributed by atoms with Gasteiger partial charge in [0.1, 0.15) is 5.82 Å². The summed E-state index contributed by atoms with van der Waals surface area (Å²) in [4.78, 5) is 30.1. The lowest BCUT2D eigenvalue weighted by Gasteiger charge is -2.32. The molecule has 0 aromatic carbocycles. The largest absolute Gasteiger partial charge is 0.462 e. The van der Waals surface area contributed by atoms with Crippen LogP contribution in [0.1, 0.15) is 30.1 Å². The highest BCUT2D eigenvalue weighted by atomic mass is 16.5. The first-order valence-electron chi connectivity index (χ1n) is 8.01. The van der Waals surface area contributed by atoms with Crippen LogP contribution < -0.4 is 16.0 Å². The van der Waals surface area contributed by atoms with Gasteiger partial charge in [0, 0.05) is 32.4 Å². The van der Waals surface area contributed by atoms with Crippen molar-refractivity contribution in [1.82, 2.24) is 10.3 Å². The second kappa shape index (κ2) is 8.47. The van der Waals surface area contributed by atoms with Gasteiger partial charge in [0.15, 0.2) is 0 Å². The monoisotopic (exact) mass is 320 g/mol. The molecule has 0 spiro atoms. The fourth-order valence-corrected chi connectivity index (χ4v) is 2.65. The van der Waals surface area contributed by atoms with Crippen molar-refractivity contribution < 1.29 is 14.3 Å². The molecule has 1 aliphatic rings. The molecule has 1 atom stereocenters. The van der Waals surface area contributed by atoms with Gasteiger partial charge in [0.05, 0.1) is 18.1 Å². The minimum atomic E-state index is -0.371. The highest BCUT2D eigenvalue weighted by Gasteiger charge is 2.26. The Bertz CT molecular complexity index is 533. The average Bonchev–Trinajstić information content (AvgIpc) is 2.60. The van der Waals surface area contributed by atoms with Gasteiger partial charge in [-0.2, -0.15) is 0 Å². The lowest BCUT2D eigenvalue weighted by molar-refractivity contribution is -0.125. The molecule has 1 saturated heterocycles. The van der Waals surface area contributed by atoms with Gasteiger partial charge in [-0.15, -0.1) is 0 Å². The van der Waals surface area contributed by atoms with Crippen LogP contribution in [0, 0.1) is 5.92 Å². The standard InChI is InChI=1S/C16H24N4O3/c1-2-23-16(22)12-5-6-14(19-10-12)20-9-3-4-13(11-20)15(21)18-8-7-17/h5-6,10,13H,2-4,7-9,11,17H2,1H3,(H,18,21). The van der Waals surface area contributed by atoms with Gasteiger partial charge >= 0.3 is 5.97 Å². The van der Waals surface area contributed by atoms with Crippen LogP contribution >= 0.6 is 0 Å². The number of hydrogen-bond acceptors (Lipinski definition) is 6. The van der Waals surface area contributed by atoms with Gasteiger partial charge in [0.2, 0.25) is 5.91 Å². The van der Waals surface area contributed by atoms with Gasteiger partial charge in [-0.05, 0) is 31.9 Å². The van der Waals surface area contributed by atoms with E-state index in [0.717, 1.165) is 25.2 Å². The minimum Gasteiger partial charge on any atom is -0.462 e. The molecule has 1 fully saturated rings. The molecule has 7 heteroatoms. The van der Waals surface area contributed by atoms with Crippen molar-refractivity contribution in [1.29, 1.82) is 0 Å². The third-order valence-corrected chi connectivity index (χ3v) is 3.82. The zero-order valence-electron chi connectivity index (χ0n) is 13.5. The van der Waals surface area contributed by atoms with E-state index in [-0.39, 0.29) is 17.8 Å². The van der Waals surface area contributed by atoms with Crippen molar-refractivity contribution in [3.05, 3.63) is 23.9 Å². The zero-order valence-corrected chi connectivity index (χ0v) is 13.5. The normalized spacial score (nSPS) is 17.7. The predicted molar refractivity (Wildman–Crippen MR) is 87.2 cm³/mol. The lowest BCUT2D eigenvalue weighted by atomic mass is 9.97. The Morgan fingerprint density at radius 3 is 2.96 bits per heavy atom. The molecule has 1 aliphatic heterocycles. The van der Waals surface area contributed by atoms with Gasteiger partial charge < -0.3 is 20.7 Å². The number of carbonyl (C=O) groups is 2. The Morgan fingerprint density at radius 2 is 2.30 bits per heavy atom. The van der Waals surface area contributed by atoms with Crippen molar-refractivity contribution in [2.45, 2.75) is 19.8 Å². The van der Waals surface area contributed by atoms with Crippen molar-refractivity contribution in [2.75, 3.05) is 37.7 Å². The molecule has 3 N–H and O–H groups in total. The number of nitrogens with one attached hydrogen (secondary N) is 1. The molecule has 2 rings (SSSR count). The number of anilines is 1. The van der Waals surface area contributed by atoms with E-state index >= 15 is 0 Å². The Morgan fingerprint density at radius 1 is 1.48 bits per heavy atom. The summed E-state index contributed by atoms with van der Waals surface area (Å²) in [6.07, 6.45) is 3.32. The Labute approximate surface area is 136 Å². The van der Waals surface area contributed by atoms with Gasteiger partial charge in [-0.25, -0.2) is 9.78 Å². The number of nitrogens with two attached hydrogens (primary N) is 1. The SMILES string of the molecule is CCOC(=O)c1ccc(N2CCCC(C(=O)NCCN)C2)nc1. The van der Waals surface area contributed by atoms with Crippen molar-refractivity contribution in [3.63, 3.8) is 0 Å². The van der Waals surface area contributed by atoms with E-state index in [2.05, 4.69) is 15.2 Å². The van der Waals surface area contributed by atoms with E-state index in [9.17, 15) is 9.59 Å². The molecule has 1 aromatic rings. The number of piperidine rings is 1. The summed E-state index contributed by atoms with van der Waals surface area (Å²) in [7, 11) is 0. The van der Waals surface area contributed by atoms with Gasteiger partial charge in [0.25, 0.3) is 0 Å². The Balaban J connectivity index is 1.98. The van der Waals surface area contributed by atoms with Crippen LogP contribution in [-0.2, 0) is 9.53 Å². The molecule has 23 heavy (non-hydrogen) atoms. The first kappa shape index (κ1) is 17.2. The minimum absolute atomic E-state index is 0.0447. The Hall–Kier alpha value is -2.15. The van der Waals surface area contributed by atoms with Crippen LogP contribution in [-0.4, -0.2) is 49.6 Å². The molecule has 0 bridgehead atoms. The van der Waals surface area contributed by atoms with Crippen LogP contribution in [0.5, 0.6) is 0 Å². The van der Waals surface area contributed by atoms with Crippen LogP contribution in [0.2, 0.25) is 0 Å². The smallest absolute Gasteiger partial charge is 0.339 e. The van der Waals surface area contributed by atoms with E-state index in [1.807, 2.05) is 0 Å². The van der Waals surface area contributed by atoms with E-state index in [0.29, 0.717) is 31.8 Å². The number of pyridine rings is 1. The molecule has 126 valence electrons. The number of hydrogen-bond donors (Lipinski definition) is 2. The average molecular weight is 320 g/mol. The number of carbonyl (C=O) groups excluding carboxylic acids is 2. The number of rotatable bonds is 6. The number of nitrogens with zero attached hydrogens (tertiary/aromatic N) is 2. The topological polar surface area (TPSA) is 97.5 Å². The number of esters is 1. The van der Waals surface area contributed by atoms with Crippen molar-refractivity contribution >= 4 is 17.7 Å². The Kier molecular flexibility index (Phi) is 6.34. The fraction of sp³-hybridized carbons (Fsp3) is 0.562. The molecule has 0 aliphatic carbocycles. The summed E-state index contributed by atoms with van der Waals surface area (Å²) < 4.78 is 4.94. The third kappa shape index (κ3) is 4.66. The quantitative estimate of drug-likeness (QED) is 0.743. The fourth-order valence-electron chi connectivity index (χ4n) is 2.65. The van der Waals surface area contributed by atoms with Gasteiger partial charge in [-0.1, -0.05) is 0 Å². The second-order valence-electron chi connectivity index (χ2n) is 5.49. The van der Waals surface area contributed by atoms with E-state index in [1.165, 1.54) is 6.20 Å². The molecule has 0 radical (unpaired) electrons. The summed E-state index contributed by atoms with van der Waals surface area (Å²) >= 11 is 0. The molecule has 1 unspecified atom stereocenters. The first-order valence-corrected chi connectivity index (χ1v) is 8.01. The molecular formula is C16H24N4O3. The number of ether oxygens (including phenoxy) is 1. The van der Waals surface area contributed by atoms with E-state index in [4.69, 9.17) is 10.5 Å². The van der Waals surface area contributed by atoms with Crippen LogP contribution in [0.15, 0.2) is 18.3 Å². The molecular weight excluding hydrogens is 296 g/mol. The summed E-state index contributed by atoms with van der Waals surface area (Å²) in [6, 6.07) is 3.50. The molecule has 7 nitrogen and oxygen atoms in total. The molecule has 1 amide bonds.